The minimum Gasteiger partial charge on any atom is -0.390 e. The van der Waals surface area contributed by atoms with Gasteiger partial charge in [-0.3, -0.25) is 4.79 Å². The second-order valence-corrected chi connectivity index (χ2v) is 7.47. The van der Waals surface area contributed by atoms with Gasteiger partial charge in [-0.25, -0.2) is 8.78 Å². The van der Waals surface area contributed by atoms with Crippen molar-refractivity contribution in [3.63, 3.8) is 0 Å². The van der Waals surface area contributed by atoms with Crippen molar-refractivity contribution in [3.8, 4) is 0 Å². The van der Waals surface area contributed by atoms with E-state index in [1.165, 1.54) is 17.0 Å². The summed E-state index contributed by atoms with van der Waals surface area (Å²) in [4.78, 5) is 19.7. The maximum Gasteiger partial charge on any atom is 0.225 e. The van der Waals surface area contributed by atoms with E-state index >= 15 is 0 Å². The van der Waals surface area contributed by atoms with E-state index in [0.29, 0.717) is 17.2 Å². The van der Waals surface area contributed by atoms with Gasteiger partial charge in [0.2, 0.25) is 5.91 Å². The molecule has 0 fully saturated rings. The lowest BCUT2D eigenvalue weighted by Gasteiger charge is -2.26. The van der Waals surface area contributed by atoms with Gasteiger partial charge in [0.1, 0.15) is 11.6 Å². The molecule has 0 spiro atoms. The topological polar surface area (TPSA) is 41.9 Å². The number of carbonyl (C=O) groups is 1. The summed E-state index contributed by atoms with van der Waals surface area (Å²) in [5.41, 5.74) is 1.75. The van der Waals surface area contributed by atoms with Crippen molar-refractivity contribution in [3.05, 3.63) is 70.2 Å². The van der Waals surface area contributed by atoms with Gasteiger partial charge in [0.05, 0.1) is 12.3 Å². The summed E-state index contributed by atoms with van der Waals surface area (Å²) in [6.07, 6.45) is 0.120. The van der Waals surface area contributed by atoms with Crippen LogP contribution >= 0.6 is 11.6 Å². The molecule has 1 amide bonds. The van der Waals surface area contributed by atoms with Crippen LogP contribution in [0.2, 0.25) is 5.02 Å². The summed E-state index contributed by atoms with van der Waals surface area (Å²) in [6, 6.07) is 10.7. The van der Waals surface area contributed by atoms with Crippen LogP contribution in [-0.2, 0) is 16.2 Å². The van der Waals surface area contributed by atoms with Crippen LogP contribution in [0.3, 0.4) is 0 Å². The Labute approximate surface area is 167 Å². The Morgan fingerprint density at radius 1 is 1.29 bits per heavy atom. The lowest BCUT2D eigenvalue weighted by Crippen LogP contribution is -2.39. The number of rotatable bonds is 6. The first-order chi connectivity index (χ1) is 13.3. The van der Waals surface area contributed by atoms with Gasteiger partial charge in [0, 0.05) is 41.1 Å². The van der Waals surface area contributed by atoms with Crippen LogP contribution in [-0.4, -0.2) is 29.2 Å². The molecule has 0 saturated heterocycles. The molecule has 2 aromatic carbocycles. The monoisotopic (exact) mass is 406 g/mol. The molecule has 0 N–H and O–H groups in total. The van der Waals surface area contributed by atoms with Crippen LogP contribution < -0.4 is 0 Å². The fourth-order valence-corrected chi connectivity index (χ4v) is 3.32. The second-order valence-electron chi connectivity index (χ2n) is 7.06. The predicted octanol–water partition coefficient (Wildman–Crippen LogP) is 4.80. The number of amides is 1. The highest BCUT2D eigenvalue weighted by Crippen LogP contribution is 2.24. The minimum atomic E-state index is -0.679. The number of benzene rings is 2. The zero-order valence-electron chi connectivity index (χ0n) is 15.7. The van der Waals surface area contributed by atoms with Gasteiger partial charge >= 0.3 is 0 Å². The van der Waals surface area contributed by atoms with E-state index in [2.05, 4.69) is 5.16 Å². The maximum absolute atomic E-state index is 14.1. The van der Waals surface area contributed by atoms with Crippen molar-refractivity contribution < 1.29 is 18.4 Å². The molecule has 148 valence electrons. The standard InChI is InChI=1S/C21H21ClF2N2O2/c1-13(2)21(27)26(11-14-7-8-15(23)9-19(14)24)12-16-10-20(25-28-16)17-5-3-4-6-18(17)22/h3-9,13,16H,10-12H2,1-2H3/t16-/m0/s1. The summed E-state index contributed by atoms with van der Waals surface area (Å²) in [5.74, 6) is -1.74. The predicted molar refractivity (Wildman–Crippen MR) is 104 cm³/mol. The maximum atomic E-state index is 14.1. The van der Waals surface area contributed by atoms with E-state index in [1.54, 1.807) is 19.9 Å². The number of halogens is 3. The molecule has 0 bridgehead atoms. The van der Waals surface area contributed by atoms with Crippen LogP contribution in [0.4, 0.5) is 8.78 Å². The van der Waals surface area contributed by atoms with E-state index in [0.717, 1.165) is 11.6 Å². The highest BCUT2D eigenvalue weighted by Gasteiger charge is 2.29. The Bertz CT molecular complexity index is 902. The highest BCUT2D eigenvalue weighted by molar-refractivity contribution is 6.34. The van der Waals surface area contributed by atoms with Gasteiger partial charge < -0.3 is 9.74 Å². The van der Waals surface area contributed by atoms with E-state index in [1.807, 2.05) is 18.2 Å². The molecule has 1 aliphatic heterocycles. The molecule has 28 heavy (non-hydrogen) atoms. The molecule has 4 nitrogen and oxygen atoms in total. The summed E-state index contributed by atoms with van der Waals surface area (Å²) < 4.78 is 27.2. The van der Waals surface area contributed by atoms with Gasteiger partial charge in [-0.05, 0) is 12.1 Å². The normalized spacial score (nSPS) is 16.1. The van der Waals surface area contributed by atoms with Gasteiger partial charge in [0.15, 0.2) is 6.10 Å². The Kier molecular flexibility index (Phi) is 6.29. The molecule has 1 heterocycles. The lowest BCUT2D eigenvalue weighted by atomic mass is 10.0. The van der Waals surface area contributed by atoms with Crippen molar-refractivity contribution >= 4 is 23.2 Å². The molecule has 2 aromatic rings. The third-order valence-electron chi connectivity index (χ3n) is 4.52. The van der Waals surface area contributed by atoms with Gasteiger partial charge in [-0.2, -0.15) is 0 Å². The molecule has 0 aliphatic carbocycles. The molecule has 0 unspecified atom stereocenters. The quantitative estimate of drug-likeness (QED) is 0.691. The molecule has 7 heteroatoms. The first kappa shape index (κ1) is 20.3. The molecule has 0 radical (unpaired) electrons. The van der Waals surface area contributed by atoms with Crippen LogP contribution in [0.1, 0.15) is 31.4 Å². The molecular weight excluding hydrogens is 386 g/mol. The molecule has 0 saturated carbocycles. The minimum absolute atomic E-state index is 0.0322. The highest BCUT2D eigenvalue weighted by atomic mass is 35.5. The molecule has 3 rings (SSSR count). The average Bonchev–Trinajstić information content (AvgIpc) is 3.11. The van der Waals surface area contributed by atoms with E-state index in [-0.39, 0.29) is 36.6 Å². The third-order valence-corrected chi connectivity index (χ3v) is 4.85. The fraction of sp³-hybridized carbons (Fsp3) is 0.333. The van der Waals surface area contributed by atoms with Crippen LogP contribution in [0, 0.1) is 17.6 Å². The van der Waals surface area contributed by atoms with Gasteiger partial charge in [0.25, 0.3) is 0 Å². The number of carbonyl (C=O) groups excluding carboxylic acids is 1. The Balaban J connectivity index is 1.72. The number of hydrogen-bond donors (Lipinski definition) is 0. The number of nitrogens with zero attached hydrogens (tertiary/aromatic N) is 2. The van der Waals surface area contributed by atoms with Gasteiger partial charge in [-0.1, -0.05) is 54.9 Å². The second kappa shape index (κ2) is 8.69. The SMILES string of the molecule is CC(C)C(=O)N(Cc1ccc(F)cc1F)C[C@@H]1CC(c2ccccc2Cl)=NO1. The number of oxime groups is 1. The summed E-state index contributed by atoms with van der Waals surface area (Å²) in [7, 11) is 0. The molecule has 1 atom stereocenters. The summed E-state index contributed by atoms with van der Waals surface area (Å²) in [5, 5.41) is 4.69. The van der Waals surface area contributed by atoms with Crippen molar-refractivity contribution in [1.29, 1.82) is 0 Å². The Morgan fingerprint density at radius 3 is 2.71 bits per heavy atom. The fourth-order valence-electron chi connectivity index (χ4n) is 3.08. The van der Waals surface area contributed by atoms with E-state index in [9.17, 15) is 13.6 Å². The Hall–Kier alpha value is -2.47. The largest absolute Gasteiger partial charge is 0.390 e. The number of hydrogen-bond acceptors (Lipinski definition) is 3. The molecule has 1 aliphatic rings. The first-order valence-electron chi connectivity index (χ1n) is 9.05. The summed E-state index contributed by atoms with van der Waals surface area (Å²) >= 11 is 6.21. The van der Waals surface area contributed by atoms with E-state index in [4.69, 9.17) is 16.4 Å². The van der Waals surface area contributed by atoms with Crippen molar-refractivity contribution in [2.75, 3.05) is 6.54 Å². The van der Waals surface area contributed by atoms with Crippen LogP contribution in [0.15, 0.2) is 47.6 Å². The lowest BCUT2D eigenvalue weighted by molar-refractivity contribution is -0.137. The van der Waals surface area contributed by atoms with Crippen LogP contribution in [0.25, 0.3) is 0 Å². The van der Waals surface area contributed by atoms with Crippen LogP contribution in [0.5, 0.6) is 0 Å². The van der Waals surface area contributed by atoms with Crippen molar-refractivity contribution in [2.45, 2.75) is 32.9 Å². The van der Waals surface area contributed by atoms with Crippen molar-refractivity contribution in [2.24, 2.45) is 11.1 Å². The van der Waals surface area contributed by atoms with Crippen molar-refractivity contribution in [1.82, 2.24) is 4.90 Å². The smallest absolute Gasteiger partial charge is 0.225 e. The van der Waals surface area contributed by atoms with E-state index < -0.39 is 11.6 Å². The van der Waals surface area contributed by atoms with Gasteiger partial charge in [-0.15, -0.1) is 0 Å². The zero-order chi connectivity index (χ0) is 20.3. The Morgan fingerprint density at radius 2 is 2.04 bits per heavy atom. The molecule has 0 aromatic heterocycles. The molecular formula is C21H21ClF2N2O2. The zero-order valence-corrected chi connectivity index (χ0v) is 16.4. The average molecular weight is 407 g/mol. The summed E-state index contributed by atoms with van der Waals surface area (Å²) in [6.45, 7) is 3.82. The third kappa shape index (κ3) is 4.68. The first-order valence-corrected chi connectivity index (χ1v) is 9.43.